The van der Waals surface area contributed by atoms with E-state index in [0.717, 1.165) is 0 Å². The smallest absolute Gasteiger partial charge is 0.408 e. The third kappa shape index (κ3) is 12.8. The highest BCUT2D eigenvalue weighted by molar-refractivity contribution is 6.01. The minimum absolute atomic E-state index is 0.0632. The normalized spacial score (nSPS) is 12.1. The van der Waals surface area contributed by atoms with Gasteiger partial charge in [0.1, 0.15) is 17.7 Å². The van der Waals surface area contributed by atoms with E-state index in [0.29, 0.717) is 0 Å². The van der Waals surface area contributed by atoms with Gasteiger partial charge in [0.25, 0.3) is 5.91 Å². The van der Waals surface area contributed by atoms with Crippen LogP contribution in [0.2, 0.25) is 0 Å². The Kier molecular flexibility index (Phi) is 14.6. The molecule has 0 unspecified atom stereocenters. The summed E-state index contributed by atoms with van der Waals surface area (Å²) in [6, 6.07) is 1.45. The number of aliphatic hydroxyl groups is 1. The maximum atomic E-state index is 13.4. The number of nitrogens with two attached hydrogens (primary N) is 1. The number of aliphatic hydroxyl groups excluding tert-OH is 1. The molecule has 0 aliphatic rings. The summed E-state index contributed by atoms with van der Waals surface area (Å²) in [6.45, 7) is 8.06. The SMILES string of the molecule is C#CCN(CC#C)C(=O)c1cc(NC(=O)[C@H](CCCNC(N)=O)NC(=O)[C@@H](NC(=O)OC(C)(C)C)C(C)C)ccc1CO. The van der Waals surface area contributed by atoms with Gasteiger partial charge in [-0.15, -0.1) is 12.8 Å². The van der Waals surface area contributed by atoms with Crippen LogP contribution in [0.5, 0.6) is 0 Å². The number of anilines is 1. The molecule has 13 heteroatoms. The van der Waals surface area contributed by atoms with Crippen molar-refractivity contribution in [2.24, 2.45) is 11.7 Å². The molecule has 43 heavy (non-hydrogen) atoms. The minimum atomic E-state index is -1.11. The second-order valence-corrected chi connectivity index (χ2v) is 11.0. The van der Waals surface area contributed by atoms with Crippen LogP contribution < -0.4 is 27.0 Å². The number of carbonyl (C=O) groups excluding carboxylic acids is 5. The number of nitrogens with one attached hydrogen (secondary N) is 4. The summed E-state index contributed by atoms with van der Waals surface area (Å²) in [4.78, 5) is 64.5. The lowest BCUT2D eigenvalue weighted by molar-refractivity contribution is -0.128. The summed E-state index contributed by atoms with van der Waals surface area (Å²) in [5.41, 5.74) is 4.90. The lowest BCUT2D eigenvalue weighted by Gasteiger charge is -2.27. The molecule has 0 fully saturated rings. The minimum Gasteiger partial charge on any atom is -0.444 e. The van der Waals surface area contributed by atoms with E-state index >= 15 is 0 Å². The van der Waals surface area contributed by atoms with Crippen molar-refractivity contribution in [3.05, 3.63) is 29.3 Å². The summed E-state index contributed by atoms with van der Waals surface area (Å²) in [5, 5.41) is 20.1. The second-order valence-electron chi connectivity index (χ2n) is 11.0. The van der Waals surface area contributed by atoms with Gasteiger partial charge in [0, 0.05) is 17.8 Å². The van der Waals surface area contributed by atoms with Crippen LogP contribution in [-0.2, 0) is 20.9 Å². The molecule has 0 aromatic heterocycles. The molecule has 7 N–H and O–H groups in total. The van der Waals surface area contributed by atoms with Crippen LogP contribution in [0.15, 0.2) is 18.2 Å². The van der Waals surface area contributed by atoms with Crippen LogP contribution in [0.1, 0.15) is 63.4 Å². The molecule has 1 aromatic rings. The van der Waals surface area contributed by atoms with Gasteiger partial charge in [0.05, 0.1) is 19.7 Å². The number of hydrogen-bond acceptors (Lipinski definition) is 7. The van der Waals surface area contributed by atoms with Crippen molar-refractivity contribution >= 4 is 35.5 Å². The summed E-state index contributed by atoms with van der Waals surface area (Å²) < 4.78 is 5.27. The molecule has 6 amide bonds. The van der Waals surface area contributed by atoms with Crippen LogP contribution >= 0.6 is 0 Å². The van der Waals surface area contributed by atoms with Crippen molar-refractivity contribution < 1.29 is 33.8 Å². The molecule has 234 valence electrons. The topological polar surface area (TPSA) is 192 Å². The highest BCUT2D eigenvalue weighted by atomic mass is 16.6. The van der Waals surface area contributed by atoms with Gasteiger partial charge in [-0.05, 0) is 57.2 Å². The fourth-order valence-electron chi connectivity index (χ4n) is 3.83. The molecule has 2 atom stereocenters. The van der Waals surface area contributed by atoms with E-state index in [1.54, 1.807) is 34.6 Å². The van der Waals surface area contributed by atoms with Gasteiger partial charge in [-0.25, -0.2) is 9.59 Å². The van der Waals surface area contributed by atoms with E-state index in [1.807, 2.05) is 0 Å². The van der Waals surface area contributed by atoms with Crippen molar-refractivity contribution in [2.75, 3.05) is 25.0 Å². The average molecular weight is 599 g/mol. The lowest BCUT2D eigenvalue weighted by Crippen LogP contribution is -2.55. The number of ether oxygens (including phenoxy) is 1. The fourth-order valence-corrected chi connectivity index (χ4v) is 3.83. The van der Waals surface area contributed by atoms with E-state index in [-0.39, 0.29) is 55.2 Å². The summed E-state index contributed by atoms with van der Waals surface area (Å²) >= 11 is 0. The van der Waals surface area contributed by atoms with Crippen LogP contribution in [-0.4, -0.2) is 77.2 Å². The zero-order valence-corrected chi connectivity index (χ0v) is 25.3. The Hall–Kier alpha value is -4.75. The quantitative estimate of drug-likeness (QED) is 0.137. The fraction of sp³-hybridized carbons (Fsp3) is 0.500. The largest absolute Gasteiger partial charge is 0.444 e. The zero-order valence-electron chi connectivity index (χ0n) is 25.3. The van der Waals surface area contributed by atoms with E-state index < -0.39 is 54.1 Å². The molecule has 1 aromatic carbocycles. The van der Waals surface area contributed by atoms with Crippen molar-refractivity contribution in [1.82, 2.24) is 20.9 Å². The first-order valence-electron chi connectivity index (χ1n) is 13.7. The number of alkyl carbamates (subject to hydrolysis) is 1. The maximum Gasteiger partial charge on any atom is 0.408 e. The molecule has 0 saturated carbocycles. The van der Waals surface area contributed by atoms with Gasteiger partial charge < -0.3 is 41.7 Å². The van der Waals surface area contributed by atoms with Gasteiger partial charge in [0.2, 0.25) is 11.8 Å². The first kappa shape index (κ1) is 36.3. The third-order valence-electron chi connectivity index (χ3n) is 5.85. The van der Waals surface area contributed by atoms with Crippen LogP contribution in [0, 0.1) is 30.6 Å². The number of urea groups is 1. The zero-order chi connectivity index (χ0) is 32.7. The average Bonchev–Trinajstić information content (AvgIpc) is 2.91. The highest BCUT2D eigenvalue weighted by Crippen LogP contribution is 2.19. The van der Waals surface area contributed by atoms with Gasteiger partial charge in [-0.1, -0.05) is 31.8 Å². The molecule has 0 aliphatic heterocycles. The molecule has 0 spiro atoms. The molecular formula is C30H42N6O7. The van der Waals surface area contributed by atoms with Crippen LogP contribution in [0.3, 0.4) is 0 Å². The Morgan fingerprint density at radius 3 is 2.19 bits per heavy atom. The standard InChI is InChI=1S/C30H42N6O7/c1-8-15-36(16-9-2)27(40)22-17-21(13-12-20(22)18-37)33-25(38)23(11-10-14-32-28(31)41)34-26(39)24(19(3)4)35-29(42)43-30(5,6)7/h1-2,12-13,17,19,23-24,37H,10-11,14-16,18H2,3-7H3,(H,33,38)(H,34,39)(H,35,42)(H3,31,32,41)/t23-,24-/m0/s1. The molecular weight excluding hydrogens is 556 g/mol. The number of nitrogens with zero attached hydrogens (tertiary/aromatic N) is 1. The molecule has 0 bridgehead atoms. The van der Waals surface area contributed by atoms with Crippen LogP contribution in [0.4, 0.5) is 15.3 Å². The summed E-state index contributed by atoms with van der Waals surface area (Å²) in [6.07, 6.45) is 10.3. The first-order valence-corrected chi connectivity index (χ1v) is 13.7. The second kappa shape index (κ2) is 17.3. The number of hydrogen-bond donors (Lipinski definition) is 6. The Morgan fingerprint density at radius 2 is 1.67 bits per heavy atom. The maximum absolute atomic E-state index is 13.4. The number of carbonyl (C=O) groups is 5. The third-order valence-corrected chi connectivity index (χ3v) is 5.85. The predicted octanol–water partition coefficient (Wildman–Crippen LogP) is 1.31. The molecule has 13 nitrogen and oxygen atoms in total. The molecule has 0 radical (unpaired) electrons. The number of amides is 6. The number of benzene rings is 1. The Balaban J connectivity index is 3.25. The van der Waals surface area contributed by atoms with Gasteiger partial charge >= 0.3 is 12.1 Å². The van der Waals surface area contributed by atoms with Gasteiger partial charge in [-0.2, -0.15) is 0 Å². The summed E-state index contributed by atoms with van der Waals surface area (Å²) in [5.74, 6) is 2.56. The van der Waals surface area contributed by atoms with Crippen molar-refractivity contribution in [2.45, 2.75) is 71.8 Å². The van der Waals surface area contributed by atoms with Crippen molar-refractivity contribution in [1.29, 1.82) is 0 Å². The van der Waals surface area contributed by atoms with E-state index in [9.17, 15) is 29.1 Å². The monoisotopic (exact) mass is 598 g/mol. The first-order chi connectivity index (χ1) is 20.1. The molecule has 1 rings (SSSR count). The van der Waals surface area contributed by atoms with Gasteiger partial charge in [0.15, 0.2) is 0 Å². The number of primary amides is 1. The summed E-state index contributed by atoms with van der Waals surface area (Å²) in [7, 11) is 0. The van der Waals surface area contributed by atoms with Crippen molar-refractivity contribution in [3.63, 3.8) is 0 Å². The van der Waals surface area contributed by atoms with E-state index in [4.69, 9.17) is 23.3 Å². The van der Waals surface area contributed by atoms with Crippen molar-refractivity contribution in [3.8, 4) is 24.7 Å². The molecule has 0 heterocycles. The number of rotatable bonds is 14. The predicted molar refractivity (Wildman–Crippen MR) is 161 cm³/mol. The van der Waals surface area contributed by atoms with Gasteiger partial charge in [-0.3, -0.25) is 14.4 Å². The molecule has 0 aliphatic carbocycles. The van der Waals surface area contributed by atoms with Crippen LogP contribution in [0.25, 0.3) is 0 Å². The van der Waals surface area contributed by atoms with E-state index in [1.165, 1.54) is 23.1 Å². The Morgan fingerprint density at radius 1 is 1.05 bits per heavy atom. The lowest BCUT2D eigenvalue weighted by atomic mass is 10.0. The molecule has 0 saturated heterocycles. The highest BCUT2D eigenvalue weighted by Gasteiger charge is 2.30. The Labute approximate surface area is 252 Å². The Bertz CT molecular complexity index is 1230. The number of terminal acetylenes is 2. The van der Waals surface area contributed by atoms with E-state index in [2.05, 4.69) is 33.1 Å².